The van der Waals surface area contributed by atoms with E-state index in [4.69, 9.17) is 0 Å². The van der Waals surface area contributed by atoms with Crippen LogP contribution in [0.1, 0.15) is 0 Å². The number of amides is 1. The van der Waals surface area contributed by atoms with Crippen LogP contribution in [0.2, 0.25) is 0 Å². The Morgan fingerprint density at radius 1 is 1.42 bits per heavy atom. The van der Waals surface area contributed by atoms with Gasteiger partial charge in [0.25, 0.3) is 0 Å². The minimum absolute atomic E-state index is 0.0559. The van der Waals surface area contributed by atoms with Crippen molar-refractivity contribution < 1.29 is 4.79 Å². The van der Waals surface area contributed by atoms with Crippen LogP contribution < -0.4 is 5.32 Å². The molecule has 0 saturated heterocycles. The van der Waals surface area contributed by atoms with Gasteiger partial charge in [0.15, 0.2) is 5.82 Å². The molecule has 0 unspecified atom stereocenters. The van der Waals surface area contributed by atoms with Crippen LogP contribution in [0.4, 0.5) is 0 Å². The molecule has 1 amide bonds. The van der Waals surface area contributed by atoms with Gasteiger partial charge in [-0.05, 0) is 12.1 Å². The minimum atomic E-state index is -0.0559. The van der Waals surface area contributed by atoms with Crippen LogP contribution >= 0.6 is 11.3 Å². The number of benzene rings is 1. The zero-order valence-corrected chi connectivity index (χ0v) is 11.1. The highest BCUT2D eigenvalue weighted by Crippen LogP contribution is 2.24. The summed E-state index contributed by atoms with van der Waals surface area (Å²) in [4.78, 5) is 20.5. The number of rotatable bonds is 3. The van der Waals surface area contributed by atoms with Gasteiger partial charge in [-0.1, -0.05) is 12.1 Å². The predicted molar refractivity (Wildman–Crippen MR) is 74.9 cm³/mol. The highest BCUT2D eigenvalue weighted by Gasteiger charge is 2.15. The van der Waals surface area contributed by atoms with Crippen molar-refractivity contribution in [3.8, 4) is 11.5 Å². The third-order valence-corrected chi connectivity index (χ3v) is 3.48. The molecule has 0 saturated carbocycles. The van der Waals surface area contributed by atoms with E-state index in [-0.39, 0.29) is 12.5 Å². The maximum atomic E-state index is 11.7. The smallest absolute Gasteiger partial charge is 0.239 e. The van der Waals surface area contributed by atoms with E-state index in [0.717, 1.165) is 22.6 Å². The molecule has 0 radical (unpaired) electrons. The number of likely N-dealkylation sites (N-methyl/N-ethyl adjacent to an activating group) is 1. The summed E-state index contributed by atoms with van der Waals surface area (Å²) in [6.45, 7) is 0.240. The molecular formula is C13H12N4OS. The zero-order valence-electron chi connectivity index (χ0n) is 10.3. The number of thiazole rings is 1. The van der Waals surface area contributed by atoms with E-state index >= 15 is 0 Å². The highest BCUT2D eigenvalue weighted by molar-refractivity contribution is 7.07. The third-order valence-electron chi connectivity index (χ3n) is 2.90. The van der Waals surface area contributed by atoms with E-state index in [9.17, 15) is 4.79 Å². The molecule has 0 aliphatic rings. The summed E-state index contributed by atoms with van der Waals surface area (Å²) in [5.41, 5.74) is 4.37. The fraction of sp³-hybridized carbons (Fsp3) is 0.154. The van der Waals surface area contributed by atoms with Crippen molar-refractivity contribution in [2.75, 3.05) is 7.05 Å². The lowest BCUT2D eigenvalue weighted by atomic mass is 10.3. The van der Waals surface area contributed by atoms with Crippen LogP contribution in [0.15, 0.2) is 35.2 Å². The Morgan fingerprint density at radius 3 is 3.00 bits per heavy atom. The van der Waals surface area contributed by atoms with E-state index in [0.29, 0.717) is 0 Å². The van der Waals surface area contributed by atoms with Gasteiger partial charge in [-0.25, -0.2) is 9.97 Å². The standard InChI is InChI=1S/C13H12N4OS/c1-14-12(18)6-17-11-5-3-2-4-9(11)16-13(17)10-7-19-8-15-10/h2-5,7-8H,6H2,1H3,(H,14,18). The van der Waals surface area contributed by atoms with Gasteiger partial charge in [0, 0.05) is 12.4 Å². The van der Waals surface area contributed by atoms with Gasteiger partial charge in [0.1, 0.15) is 12.2 Å². The summed E-state index contributed by atoms with van der Waals surface area (Å²) in [6.07, 6.45) is 0. The third kappa shape index (κ3) is 2.10. The van der Waals surface area contributed by atoms with Crippen molar-refractivity contribution in [2.45, 2.75) is 6.54 Å². The molecule has 96 valence electrons. The van der Waals surface area contributed by atoms with Crippen LogP contribution in [-0.4, -0.2) is 27.5 Å². The van der Waals surface area contributed by atoms with E-state index in [1.54, 1.807) is 12.6 Å². The molecule has 1 N–H and O–H groups in total. The first-order chi connectivity index (χ1) is 9.29. The molecule has 1 aromatic carbocycles. The molecule has 0 spiro atoms. The molecule has 2 aromatic heterocycles. The molecule has 19 heavy (non-hydrogen) atoms. The van der Waals surface area contributed by atoms with Crippen molar-refractivity contribution in [2.24, 2.45) is 0 Å². The van der Waals surface area contributed by atoms with Crippen LogP contribution in [-0.2, 0) is 11.3 Å². The van der Waals surface area contributed by atoms with Crippen molar-refractivity contribution >= 4 is 28.3 Å². The molecule has 0 bridgehead atoms. The lowest BCUT2D eigenvalue weighted by molar-refractivity contribution is -0.121. The molecular weight excluding hydrogens is 260 g/mol. The van der Waals surface area contributed by atoms with Crippen molar-refractivity contribution in [3.05, 3.63) is 35.2 Å². The Bertz CT molecular complexity index is 717. The molecule has 0 aliphatic heterocycles. The molecule has 2 heterocycles. The summed E-state index contributed by atoms with van der Waals surface area (Å²) < 4.78 is 1.89. The molecule has 3 aromatic rings. The maximum Gasteiger partial charge on any atom is 0.239 e. The Morgan fingerprint density at radius 2 is 2.26 bits per heavy atom. The Kier molecular flexibility index (Phi) is 3.00. The van der Waals surface area contributed by atoms with Crippen LogP contribution in [0.25, 0.3) is 22.6 Å². The first kappa shape index (κ1) is 11.9. The van der Waals surface area contributed by atoms with E-state index in [1.165, 1.54) is 11.3 Å². The number of aromatic nitrogens is 3. The minimum Gasteiger partial charge on any atom is -0.358 e. The maximum absolute atomic E-state index is 11.7. The van der Waals surface area contributed by atoms with Crippen molar-refractivity contribution in [3.63, 3.8) is 0 Å². The SMILES string of the molecule is CNC(=O)Cn1c(-c2cscn2)nc2ccccc21. The van der Waals surface area contributed by atoms with Gasteiger partial charge in [-0.2, -0.15) is 0 Å². The zero-order chi connectivity index (χ0) is 13.2. The van der Waals surface area contributed by atoms with E-state index in [1.807, 2.05) is 34.2 Å². The number of hydrogen-bond donors (Lipinski definition) is 1. The lowest BCUT2D eigenvalue weighted by Gasteiger charge is -2.06. The van der Waals surface area contributed by atoms with Gasteiger partial charge < -0.3 is 9.88 Å². The second-order valence-corrected chi connectivity index (χ2v) is 4.78. The van der Waals surface area contributed by atoms with Gasteiger partial charge in [-0.15, -0.1) is 11.3 Å². The number of hydrogen-bond acceptors (Lipinski definition) is 4. The topological polar surface area (TPSA) is 59.8 Å². The number of carbonyl (C=O) groups excluding carboxylic acids is 1. The molecule has 0 fully saturated rings. The van der Waals surface area contributed by atoms with Crippen LogP contribution in [0, 0.1) is 0 Å². The first-order valence-corrected chi connectivity index (χ1v) is 6.78. The summed E-state index contributed by atoms with van der Waals surface area (Å²) >= 11 is 1.51. The Balaban J connectivity index is 2.19. The van der Waals surface area contributed by atoms with Gasteiger partial charge in [-0.3, -0.25) is 4.79 Å². The van der Waals surface area contributed by atoms with Crippen molar-refractivity contribution in [1.82, 2.24) is 19.9 Å². The van der Waals surface area contributed by atoms with Crippen LogP contribution in [0.3, 0.4) is 0 Å². The van der Waals surface area contributed by atoms with E-state index in [2.05, 4.69) is 15.3 Å². The van der Waals surface area contributed by atoms with Crippen molar-refractivity contribution in [1.29, 1.82) is 0 Å². The van der Waals surface area contributed by atoms with Gasteiger partial charge >= 0.3 is 0 Å². The average molecular weight is 272 g/mol. The quantitative estimate of drug-likeness (QED) is 0.792. The summed E-state index contributed by atoms with van der Waals surface area (Å²) in [6, 6.07) is 7.77. The number of fused-ring (bicyclic) bond motifs is 1. The first-order valence-electron chi connectivity index (χ1n) is 5.84. The number of carbonyl (C=O) groups is 1. The Hall–Kier alpha value is -2.21. The molecule has 5 nitrogen and oxygen atoms in total. The molecule has 0 aliphatic carbocycles. The van der Waals surface area contributed by atoms with Gasteiger partial charge in [0.05, 0.1) is 16.5 Å². The second-order valence-electron chi connectivity index (χ2n) is 4.06. The van der Waals surface area contributed by atoms with Crippen LogP contribution in [0.5, 0.6) is 0 Å². The Labute approximate surface area is 113 Å². The number of para-hydroxylation sites is 2. The predicted octanol–water partition coefficient (Wildman–Crippen LogP) is 1.91. The monoisotopic (exact) mass is 272 g/mol. The fourth-order valence-electron chi connectivity index (χ4n) is 1.98. The average Bonchev–Trinajstić information content (AvgIpc) is 3.06. The lowest BCUT2D eigenvalue weighted by Crippen LogP contribution is -2.23. The molecule has 3 rings (SSSR count). The molecule has 6 heteroatoms. The van der Waals surface area contributed by atoms with Gasteiger partial charge in [0.2, 0.25) is 5.91 Å². The highest BCUT2D eigenvalue weighted by atomic mass is 32.1. The second kappa shape index (κ2) is 4.81. The largest absolute Gasteiger partial charge is 0.358 e. The number of imidazole rings is 1. The summed E-state index contributed by atoms with van der Waals surface area (Å²) in [5, 5.41) is 4.57. The normalized spacial score (nSPS) is 10.8. The van der Waals surface area contributed by atoms with E-state index < -0.39 is 0 Å². The summed E-state index contributed by atoms with van der Waals surface area (Å²) in [5.74, 6) is 0.672. The fourth-order valence-corrected chi connectivity index (χ4v) is 2.51. The summed E-state index contributed by atoms with van der Waals surface area (Å²) in [7, 11) is 1.63. The number of nitrogens with one attached hydrogen (secondary N) is 1. The number of nitrogens with zero attached hydrogens (tertiary/aromatic N) is 3. The molecule has 0 atom stereocenters.